The quantitative estimate of drug-likeness (QED) is 0.748. The van der Waals surface area contributed by atoms with Gasteiger partial charge in [0.15, 0.2) is 0 Å². The Morgan fingerprint density at radius 3 is 3.09 bits per heavy atom. The van der Waals surface area contributed by atoms with Crippen LogP contribution >= 0.6 is 11.3 Å². The highest BCUT2D eigenvalue weighted by Gasteiger charge is 2.11. The largest absolute Gasteiger partial charge is 0.345 e. The van der Waals surface area contributed by atoms with Crippen molar-refractivity contribution in [1.82, 2.24) is 19.7 Å². The van der Waals surface area contributed by atoms with Gasteiger partial charge in [0, 0.05) is 24.2 Å². The number of nitrogens with zero attached hydrogens (tertiary/aromatic N) is 3. The number of aryl methyl sites for hydroxylation is 1. The molecule has 3 aromatic rings. The van der Waals surface area contributed by atoms with Crippen LogP contribution in [0, 0.1) is 6.92 Å². The van der Waals surface area contributed by atoms with Crippen molar-refractivity contribution in [2.75, 3.05) is 6.54 Å². The van der Waals surface area contributed by atoms with Crippen LogP contribution in [0.15, 0.2) is 29.9 Å². The number of hydrogen-bond acceptors (Lipinski definition) is 5. The number of nitrogens with one attached hydrogen (secondary N) is 1. The van der Waals surface area contributed by atoms with Crippen molar-refractivity contribution < 1.29 is 4.79 Å². The Labute approximate surface area is 132 Å². The zero-order chi connectivity index (χ0) is 15.5. The van der Waals surface area contributed by atoms with Crippen LogP contribution in [0.25, 0.3) is 5.65 Å². The predicted molar refractivity (Wildman–Crippen MR) is 86.0 cm³/mol. The van der Waals surface area contributed by atoms with Crippen molar-refractivity contribution in [2.45, 2.75) is 19.9 Å². The van der Waals surface area contributed by atoms with Gasteiger partial charge in [0.2, 0.25) is 0 Å². The molecule has 7 heteroatoms. The zero-order valence-electron chi connectivity index (χ0n) is 12.2. The van der Waals surface area contributed by atoms with Gasteiger partial charge in [0.05, 0.1) is 17.2 Å². The number of thiazole rings is 1. The fourth-order valence-corrected chi connectivity index (χ4v) is 3.00. The van der Waals surface area contributed by atoms with Gasteiger partial charge < -0.3 is 15.5 Å². The summed E-state index contributed by atoms with van der Waals surface area (Å²) in [6.45, 7) is 2.93. The van der Waals surface area contributed by atoms with Gasteiger partial charge in [-0.2, -0.15) is 0 Å². The van der Waals surface area contributed by atoms with Gasteiger partial charge in [0.25, 0.3) is 5.91 Å². The van der Waals surface area contributed by atoms with Crippen LogP contribution in [0.3, 0.4) is 0 Å². The Bertz CT molecular complexity index is 807. The van der Waals surface area contributed by atoms with E-state index >= 15 is 0 Å². The van der Waals surface area contributed by atoms with Crippen LogP contribution in [-0.2, 0) is 13.0 Å². The first kappa shape index (κ1) is 14.7. The molecule has 22 heavy (non-hydrogen) atoms. The molecule has 3 N–H and O–H groups in total. The third kappa shape index (κ3) is 3.00. The second-order valence-corrected chi connectivity index (χ2v) is 5.94. The average Bonchev–Trinajstić information content (AvgIpc) is 3.12. The van der Waals surface area contributed by atoms with E-state index in [1.54, 1.807) is 5.38 Å². The Morgan fingerprint density at radius 1 is 1.45 bits per heavy atom. The van der Waals surface area contributed by atoms with E-state index in [-0.39, 0.29) is 5.91 Å². The first-order valence-corrected chi connectivity index (χ1v) is 7.91. The SMILES string of the molecule is Cc1cccn2cc(CNC(=O)c3csc(CCN)n3)nc12. The van der Waals surface area contributed by atoms with Crippen molar-refractivity contribution in [3.63, 3.8) is 0 Å². The fourth-order valence-electron chi connectivity index (χ4n) is 2.20. The first-order chi connectivity index (χ1) is 10.7. The molecule has 0 unspecified atom stereocenters. The number of carbonyl (C=O) groups excluding carboxylic acids is 1. The molecule has 114 valence electrons. The molecule has 0 fully saturated rings. The summed E-state index contributed by atoms with van der Waals surface area (Å²) in [4.78, 5) is 20.9. The first-order valence-electron chi connectivity index (χ1n) is 7.03. The Morgan fingerprint density at radius 2 is 2.32 bits per heavy atom. The van der Waals surface area contributed by atoms with Crippen molar-refractivity contribution >= 4 is 22.9 Å². The molecular formula is C15H17N5OS. The summed E-state index contributed by atoms with van der Waals surface area (Å²) in [5.74, 6) is -0.187. The van der Waals surface area contributed by atoms with Gasteiger partial charge in [-0.1, -0.05) is 6.07 Å². The smallest absolute Gasteiger partial charge is 0.271 e. The van der Waals surface area contributed by atoms with E-state index in [9.17, 15) is 4.79 Å². The third-order valence-corrected chi connectivity index (χ3v) is 4.21. The monoisotopic (exact) mass is 315 g/mol. The van der Waals surface area contributed by atoms with Crippen molar-refractivity contribution in [3.8, 4) is 0 Å². The van der Waals surface area contributed by atoms with E-state index in [0.717, 1.165) is 21.9 Å². The normalized spacial score (nSPS) is 11.0. The highest BCUT2D eigenvalue weighted by molar-refractivity contribution is 7.09. The summed E-state index contributed by atoms with van der Waals surface area (Å²) in [5, 5.41) is 5.49. The lowest BCUT2D eigenvalue weighted by Crippen LogP contribution is -2.23. The molecule has 0 saturated heterocycles. The van der Waals surface area contributed by atoms with Gasteiger partial charge in [-0.15, -0.1) is 11.3 Å². The number of pyridine rings is 1. The third-order valence-electron chi connectivity index (χ3n) is 3.30. The summed E-state index contributed by atoms with van der Waals surface area (Å²) in [5.41, 5.74) is 8.75. The van der Waals surface area contributed by atoms with Crippen LogP contribution in [-0.4, -0.2) is 26.8 Å². The summed E-state index contributed by atoms with van der Waals surface area (Å²) in [6.07, 6.45) is 4.56. The van der Waals surface area contributed by atoms with E-state index < -0.39 is 0 Å². The summed E-state index contributed by atoms with van der Waals surface area (Å²) < 4.78 is 1.96. The molecule has 0 aliphatic carbocycles. The van der Waals surface area contributed by atoms with Crippen LogP contribution < -0.4 is 11.1 Å². The lowest BCUT2D eigenvalue weighted by atomic mass is 10.3. The second-order valence-electron chi connectivity index (χ2n) is 5.00. The van der Waals surface area contributed by atoms with Crippen molar-refractivity contribution in [1.29, 1.82) is 0 Å². The standard InChI is InChI=1S/C15H17N5OS/c1-10-3-2-6-20-8-11(18-14(10)20)7-17-15(21)12-9-22-13(19-12)4-5-16/h2-3,6,8-9H,4-5,7,16H2,1H3,(H,17,21). The zero-order valence-corrected chi connectivity index (χ0v) is 13.1. The number of carbonyl (C=O) groups is 1. The molecule has 3 aromatic heterocycles. The Kier molecular flexibility index (Phi) is 4.17. The minimum atomic E-state index is -0.187. The average molecular weight is 315 g/mol. The lowest BCUT2D eigenvalue weighted by Gasteiger charge is -1.99. The van der Waals surface area contributed by atoms with Gasteiger partial charge in [0.1, 0.15) is 11.3 Å². The maximum atomic E-state index is 12.1. The summed E-state index contributed by atoms with van der Waals surface area (Å²) in [6, 6.07) is 3.99. The van der Waals surface area contributed by atoms with Crippen molar-refractivity contribution in [3.05, 3.63) is 51.9 Å². The molecule has 0 radical (unpaired) electrons. The van der Waals surface area contributed by atoms with Gasteiger partial charge in [-0.3, -0.25) is 4.79 Å². The highest BCUT2D eigenvalue weighted by atomic mass is 32.1. The number of rotatable bonds is 5. The van der Waals surface area contributed by atoms with Gasteiger partial charge in [-0.25, -0.2) is 9.97 Å². The number of amides is 1. The molecule has 6 nitrogen and oxygen atoms in total. The fraction of sp³-hybridized carbons (Fsp3) is 0.267. The van der Waals surface area contributed by atoms with Gasteiger partial charge >= 0.3 is 0 Å². The molecule has 1 amide bonds. The summed E-state index contributed by atoms with van der Waals surface area (Å²) >= 11 is 1.46. The number of fused-ring (bicyclic) bond motifs is 1. The maximum absolute atomic E-state index is 12.1. The van der Waals surface area contributed by atoms with Crippen LogP contribution in [0.2, 0.25) is 0 Å². The van der Waals surface area contributed by atoms with E-state index in [1.807, 2.05) is 35.9 Å². The Hall–Kier alpha value is -2.25. The highest BCUT2D eigenvalue weighted by Crippen LogP contribution is 2.11. The van der Waals surface area contributed by atoms with E-state index in [0.29, 0.717) is 25.2 Å². The lowest BCUT2D eigenvalue weighted by molar-refractivity contribution is 0.0946. The van der Waals surface area contributed by atoms with Gasteiger partial charge in [-0.05, 0) is 25.1 Å². The minimum Gasteiger partial charge on any atom is -0.345 e. The van der Waals surface area contributed by atoms with E-state index in [4.69, 9.17) is 5.73 Å². The second kappa shape index (κ2) is 6.25. The number of hydrogen-bond donors (Lipinski definition) is 2. The van der Waals surface area contributed by atoms with E-state index in [2.05, 4.69) is 15.3 Å². The molecule has 3 heterocycles. The molecule has 0 bridgehead atoms. The molecule has 0 aromatic carbocycles. The minimum absolute atomic E-state index is 0.187. The Balaban J connectivity index is 1.67. The molecule has 0 spiro atoms. The molecule has 0 atom stereocenters. The number of aromatic nitrogens is 3. The summed E-state index contributed by atoms with van der Waals surface area (Å²) in [7, 11) is 0. The topological polar surface area (TPSA) is 85.3 Å². The molecule has 3 rings (SSSR count). The maximum Gasteiger partial charge on any atom is 0.271 e. The molecule has 0 aliphatic rings. The number of nitrogens with two attached hydrogens (primary N) is 1. The van der Waals surface area contributed by atoms with E-state index in [1.165, 1.54) is 11.3 Å². The van der Waals surface area contributed by atoms with Crippen molar-refractivity contribution in [2.24, 2.45) is 5.73 Å². The molecule has 0 aliphatic heterocycles. The van der Waals surface area contributed by atoms with Crippen LogP contribution in [0.5, 0.6) is 0 Å². The molecular weight excluding hydrogens is 298 g/mol. The molecule has 0 saturated carbocycles. The number of imidazole rings is 1. The van der Waals surface area contributed by atoms with Crippen LogP contribution in [0.1, 0.15) is 26.8 Å². The predicted octanol–water partition coefficient (Wildman–Crippen LogP) is 1.53. The van der Waals surface area contributed by atoms with Crippen LogP contribution in [0.4, 0.5) is 0 Å².